The first-order valence-corrected chi connectivity index (χ1v) is 14.4. The fourth-order valence-corrected chi connectivity index (χ4v) is 6.07. The summed E-state index contributed by atoms with van der Waals surface area (Å²) in [6.07, 6.45) is 5.03. The number of primary amides is 1. The number of hydrogen-bond donors (Lipinski definition) is 1. The van der Waals surface area contributed by atoms with Gasteiger partial charge >= 0.3 is 0 Å². The zero-order chi connectivity index (χ0) is 29.3. The maximum absolute atomic E-state index is 13.4. The molecule has 3 atom stereocenters. The number of carbonyl (C=O) groups is 2. The van der Waals surface area contributed by atoms with Gasteiger partial charge in [0.1, 0.15) is 6.04 Å². The van der Waals surface area contributed by atoms with Gasteiger partial charge in [0.2, 0.25) is 11.8 Å². The van der Waals surface area contributed by atoms with Crippen molar-refractivity contribution in [2.24, 2.45) is 17.1 Å². The molecule has 1 fully saturated rings. The van der Waals surface area contributed by atoms with Gasteiger partial charge in [-0.05, 0) is 59.7 Å². The minimum Gasteiger partial charge on any atom is -0.368 e. The number of carbonyl (C=O) groups excluding carboxylic acids is 2. The molecule has 5 rings (SSSR count). The first kappa shape index (κ1) is 28.8. The van der Waals surface area contributed by atoms with Crippen LogP contribution in [0.25, 0.3) is 16.9 Å². The molecule has 1 aliphatic rings. The third-order valence-corrected chi connectivity index (χ3v) is 9.29. The number of benzene rings is 2. The van der Waals surface area contributed by atoms with Crippen molar-refractivity contribution in [3.05, 3.63) is 100 Å². The molecule has 212 valence electrons. The molecule has 9 heteroatoms. The van der Waals surface area contributed by atoms with Gasteiger partial charge in [-0.15, -0.1) is 0 Å². The molecule has 7 nitrogen and oxygen atoms in total. The van der Waals surface area contributed by atoms with E-state index in [1.807, 2.05) is 59.3 Å². The van der Waals surface area contributed by atoms with Gasteiger partial charge in [-0.2, -0.15) is 5.10 Å². The van der Waals surface area contributed by atoms with Crippen LogP contribution >= 0.6 is 23.2 Å². The van der Waals surface area contributed by atoms with Crippen molar-refractivity contribution in [1.29, 1.82) is 0 Å². The number of amides is 2. The zero-order valence-electron chi connectivity index (χ0n) is 23.3. The molecule has 1 saturated carbocycles. The van der Waals surface area contributed by atoms with E-state index in [2.05, 4.69) is 24.9 Å². The van der Waals surface area contributed by atoms with Gasteiger partial charge < -0.3 is 10.6 Å². The van der Waals surface area contributed by atoms with Crippen molar-refractivity contribution in [2.75, 3.05) is 7.05 Å². The summed E-state index contributed by atoms with van der Waals surface area (Å²) in [5, 5.41) is 5.86. The van der Waals surface area contributed by atoms with Crippen molar-refractivity contribution < 1.29 is 9.59 Å². The molecule has 2 aromatic heterocycles. The highest BCUT2D eigenvalue weighted by atomic mass is 35.5. The van der Waals surface area contributed by atoms with Crippen LogP contribution in [0.4, 0.5) is 0 Å². The molecule has 4 aromatic rings. The molecule has 2 aromatic carbocycles. The Balaban J connectivity index is 1.38. The summed E-state index contributed by atoms with van der Waals surface area (Å²) in [6.45, 7) is 4.37. The van der Waals surface area contributed by atoms with Gasteiger partial charge in [-0.1, -0.05) is 67.4 Å². The molecule has 1 aliphatic carbocycles. The maximum Gasteiger partial charge on any atom is 0.240 e. The summed E-state index contributed by atoms with van der Waals surface area (Å²) >= 11 is 12.6. The Morgan fingerprint density at radius 1 is 1.07 bits per heavy atom. The first-order valence-electron chi connectivity index (χ1n) is 13.6. The minimum atomic E-state index is -0.706. The van der Waals surface area contributed by atoms with Gasteiger partial charge in [-0.25, -0.2) is 4.68 Å². The molecule has 0 spiro atoms. The van der Waals surface area contributed by atoms with E-state index in [0.29, 0.717) is 22.9 Å². The molecular formula is C32H33Cl2N5O2. The number of pyridine rings is 1. The average Bonchev–Trinajstić information content (AvgIpc) is 3.40. The normalized spacial score (nSPS) is 18.4. The fourth-order valence-electron chi connectivity index (χ4n) is 5.78. The quantitative estimate of drug-likeness (QED) is 0.247. The maximum atomic E-state index is 13.4. The van der Waals surface area contributed by atoms with E-state index in [0.717, 1.165) is 34.6 Å². The van der Waals surface area contributed by atoms with Crippen LogP contribution in [0.5, 0.6) is 0 Å². The number of aromatic nitrogens is 3. The monoisotopic (exact) mass is 589 g/mol. The van der Waals surface area contributed by atoms with Crippen LogP contribution in [0, 0.1) is 11.3 Å². The molecule has 0 radical (unpaired) electrons. The number of rotatable bonds is 9. The molecule has 2 N–H and O–H groups in total. The van der Waals surface area contributed by atoms with Gasteiger partial charge in [0.25, 0.3) is 0 Å². The van der Waals surface area contributed by atoms with E-state index in [9.17, 15) is 9.59 Å². The lowest BCUT2D eigenvalue weighted by Crippen LogP contribution is -2.50. The van der Waals surface area contributed by atoms with Crippen molar-refractivity contribution in [3.63, 3.8) is 0 Å². The SMILES string of the molecule is CN(C(=O)C[C@H]1C[C@H](c2cc(-c3cccnc3)nn2-c2ccc(Cl)c(Cl)c2)C1(C)C)[C@@H](Cc1ccccc1)C(N)=O. The number of nitrogens with two attached hydrogens (primary N) is 1. The highest BCUT2D eigenvalue weighted by molar-refractivity contribution is 6.42. The molecule has 0 aliphatic heterocycles. The largest absolute Gasteiger partial charge is 0.368 e. The lowest BCUT2D eigenvalue weighted by molar-refractivity contribution is -0.141. The summed E-state index contributed by atoms with van der Waals surface area (Å²) in [5.74, 6) is -0.347. The molecule has 0 unspecified atom stereocenters. The summed E-state index contributed by atoms with van der Waals surface area (Å²) in [4.78, 5) is 31.5. The van der Waals surface area contributed by atoms with Gasteiger partial charge in [-0.3, -0.25) is 14.6 Å². The Hall–Kier alpha value is -3.68. The number of likely N-dealkylation sites (N-methyl/N-ethyl adjacent to an activating group) is 1. The highest BCUT2D eigenvalue weighted by Gasteiger charge is 2.51. The summed E-state index contributed by atoms with van der Waals surface area (Å²) in [5.41, 5.74) is 10.0. The number of halogens is 2. The van der Waals surface area contributed by atoms with Crippen LogP contribution in [0.15, 0.2) is 79.1 Å². The van der Waals surface area contributed by atoms with Crippen LogP contribution in [0.1, 0.15) is 43.9 Å². The van der Waals surface area contributed by atoms with Gasteiger partial charge in [0, 0.05) is 49.5 Å². The van der Waals surface area contributed by atoms with Crippen LogP contribution < -0.4 is 5.73 Å². The molecule has 2 heterocycles. The predicted molar refractivity (Wildman–Crippen MR) is 162 cm³/mol. The Morgan fingerprint density at radius 2 is 1.83 bits per heavy atom. The van der Waals surface area contributed by atoms with Gasteiger partial charge in [0.05, 0.1) is 21.4 Å². The van der Waals surface area contributed by atoms with Crippen LogP contribution in [0.2, 0.25) is 10.0 Å². The Kier molecular flexibility index (Phi) is 8.20. The van der Waals surface area contributed by atoms with E-state index in [4.69, 9.17) is 34.0 Å². The lowest BCUT2D eigenvalue weighted by atomic mass is 9.52. The standard InChI is InChI=1S/C32H33Cl2N5O2/c1-32(2)22(16-30(40)38(3)29(31(35)41)14-20-8-5-4-6-9-20)15-24(32)28-18-27(21-10-7-13-36-19-21)37-39(28)23-11-12-25(33)26(34)17-23/h4-13,17-19,22,24,29H,14-16H2,1-3H3,(H2,35,41)/t22-,24-,29+/m1/s1. The average molecular weight is 591 g/mol. The molecule has 0 saturated heterocycles. The lowest BCUT2D eigenvalue weighted by Gasteiger charge is -2.52. The van der Waals surface area contributed by atoms with Crippen molar-refractivity contribution in [1.82, 2.24) is 19.7 Å². The minimum absolute atomic E-state index is 0.0877. The topological polar surface area (TPSA) is 94.1 Å². The smallest absolute Gasteiger partial charge is 0.240 e. The van der Waals surface area contributed by atoms with E-state index < -0.39 is 11.9 Å². The van der Waals surface area contributed by atoms with Crippen molar-refractivity contribution in [3.8, 4) is 16.9 Å². The van der Waals surface area contributed by atoms with Crippen molar-refractivity contribution in [2.45, 2.75) is 45.1 Å². The van der Waals surface area contributed by atoms with Crippen molar-refractivity contribution >= 4 is 35.0 Å². The molecular weight excluding hydrogens is 557 g/mol. The molecule has 2 amide bonds. The predicted octanol–water partition coefficient (Wildman–Crippen LogP) is 6.32. The van der Waals surface area contributed by atoms with E-state index >= 15 is 0 Å². The van der Waals surface area contributed by atoms with Crippen LogP contribution in [0.3, 0.4) is 0 Å². The third-order valence-electron chi connectivity index (χ3n) is 8.55. The van der Waals surface area contributed by atoms with E-state index in [1.54, 1.807) is 25.5 Å². The molecule has 0 bridgehead atoms. The second kappa shape index (κ2) is 11.7. The second-order valence-corrected chi connectivity index (χ2v) is 12.1. The third kappa shape index (κ3) is 5.88. The number of hydrogen-bond acceptors (Lipinski definition) is 4. The Bertz CT molecular complexity index is 1560. The number of nitrogens with zero attached hydrogens (tertiary/aromatic N) is 4. The van der Waals surface area contributed by atoms with Crippen LogP contribution in [-0.4, -0.2) is 44.6 Å². The van der Waals surface area contributed by atoms with E-state index in [1.165, 1.54) is 4.90 Å². The fraction of sp³-hybridized carbons (Fsp3) is 0.312. The molecule has 41 heavy (non-hydrogen) atoms. The Morgan fingerprint density at radius 3 is 2.46 bits per heavy atom. The summed E-state index contributed by atoms with van der Waals surface area (Å²) < 4.78 is 1.92. The summed E-state index contributed by atoms with van der Waals surface area (Å²) in [6, 6.07) is 20.3. The highest BCUT2D eigenvalue weighted by Crippen LogP contribution is 2.58. The van der Waals surface area contributed by atoms with Gasteiger partial charge in [0.15, 0.2) is 0 Å². The van der Waals surface area contributed by atoms with E-state index in [-0.39, 0.29) is 23.2 Å². The summed E-state index contributed by atoms with van der Waals surface area (Å²) in [7, 11) is 1.67. The Labute approximate surface area is 250 Å². The van der Waals surface area contributed by atoms with Crippen LogP contribution in [-0.2, 0) is 16.0 Å². The zero-order valence-corrected chi connectivity index (χ0v) is 24.8. The second-order valence-electron chi connectivity index (χ2n) is 11.3. The first-order chi connectivity index (χ1) is 19.6.